The normalized spacial score (nSPS) is 26.2. The van der Waals surface area contributed by atoms with Crippen LogP contribution in [0.15, 0.2) is 24.3 Å². The minimum absolute atomic E-state index is 0.0534. The first-order chi connectivity index (χ1) is 10.0. The summed E-state index contributed by atoms with van der Waals surface area (Å²) in [7, 11) is -2.96. The van der Waals surface area contributed by atoms with Crippen molar-refractivity contribution in [1.82, 2.24) is 0 Å². The molecule has 2 atom stereocenters. The van der Waals surface area contributed by atoms with Crippen molar-refractivity contribution >= 4 is 21.2 Å². The zero-order valence-corrected chi connectivity index (χ0v) is 13.4. The molecule has 21 heavy (non-hydrogen) atoms. The second kappa shape index (κ2) is 5.87. The molecule has 1 aliphatic carbocycles. The average molecular weight is 308 g/mol. The van der Waals surface area contributed by atoms with Gasteiger partial charge in [-0.25, -0.2) is 8.42 Å². The van der Waals surface area contributed by atoms with Gasteiger partial charge in [0.25, 0.3) is 0 Å². The molecular weight excluding hydrogens is 284 g/mol. The summed E-state index contributed by atoms with van der Waals surface area (Å²) in [6.45, 7) is 2.29. The van der Waals surface area contributed by atoms with Gasteiger partial charge in [-0.2, -0.15) is 0 Å². The predicted octanol–water partition coefficient (Wildman–Crippen LogP) is 2.66. The van der Waals surface area contributed by atoms with Crippen molar-refractivity contribution in [2.75, 3.05) is 29.6 Å². The summed E-state index contributed by atoms with van der Waals surface area (Å²) in [6, 6.07) is 8.48. The predicted molar refractivity (Wildman–Crippen MR) is 87.8 cm³/mol. The lowest BCUT2D eigenvalue weighted by molar-refractivity contribution is 0.579. The van der Waals surface area contributed by atoms with E-state index in [9.17, 15) is 8.42 Å². The van der Waals surface area contributed by atoms with Crippen molar-refractivity contribution in [3.8, 4) is 0 Å². The van der Waals surface area contributed by atoms with Crippen LogP contribution in [0.4, 0.5) is 11.4 Å². The van der Waals surface area contributed by atoms with E-state index in [1.807, 2.05) is 0 Å². The minimum Gasteiger partial charge on any atom is -0.381 e. The zero-order valence-electron chi connectivity index (χ0n) is 12.6. The van der Waals surface area contributed by atoms with Crippen LogP contribution in [0.25, 0.3) is 0 Å². The van der Waals surface area contributed by atoms with Crippen molar-refractivity contribution < 1.29 is 8.42 Å². The summed E-state index contributed by atoms with van der Waals surface area (Å²) < 4.78 is 23.6. The number of rotatable bonds is 4. The van der Waals surface area contributed by atoms with Crippen molar-refractivity contribution in [2.45, 2.75) is 43.4 Å². The maximum absolute atomic E-state index is 11.8. The number of hydrogen-bond acceptors (Lipinski definition) is 4. The molecule has 1 saturated heterocycles. The second-order valence-corrected chi connectivity index (χ2v) is 8.56. The summed E-state index contributed by atoms with van der Waals surface area (Å²) >= 11 is 0. The Hall–Kier alpha value is -1.23. The lowest BCUT2D eigenvalue weighted by Gasteiger charge is -2.22. The highest BCUT2D eigenvalue weighted by molar-refractivity contribution is 7.91. The van der Waals surface area contributed by atoms with E-state index >= 15 is 0 Å². The van der Waals surface area contributed by atoms with Crippen molar-refractivity contribution in [3.63, 3.8) is 0 Å². The van der Waals surface area contributed by atoms with Crippen LogP contribution < -0.4 is 10.2 Å². The van der Waals surface area contributed by atoms with Crippen molar-refractivity contribution in [2.24, 2.45) is 0 Å². The summed E-state index contributed by atoms with van der Waals surface area (Å²) in [5.74, 6) is 0. The number of anilines is 2. The topological polar surface area (TPSA) is 49.4 Å². The SMILES string of the molecule is CS(=O)(=O)C1CCCC1Nc1ccc(N2CCCC2)cc1. The number of benzene rings is 1. The van der Waals surface area contributed by atoms with Crippen molar-refractivity contribution in [3.05, 3.63) is 24.3 Å². The Morgan fingerprint density at radius 3 is 2.33 bits per heavy atom. The standard InChI is InChI=1S/C16H24N2O2S/c1-21(19,20)16-6-4-5-15(16)17-13-7-9-14(10-8-13)18-11-2-3-12-18/h7-10,15-17H,2-6,11-12H2,1H3. The molecule has 0 aromatic heterocycles. The van der Waals surface area contributed by atoms with Gasteiger partial charge in [0.1, 0.15) is 0 Å². The molecule has 1 aliphatic heterocycles. The lowest BCUT2D eigenvalue weighted by Crippen LogP contribution is -2.34. The van der Waals surface area contributed by atoms with E-state index in [1.54, 1.807) is 0 Å². The Morgan fingerprint density at radius 2 is 1.71 bits per heavy atom. The van der Waals surface area contributed by atoms with E-state index < -0.39 is 9.84 Å². The summed E-state index contributed by atoms with van der Waals surface area (Å²) in [5.41, 5.74) is 2.29. The Kier molecular flexibility index (Phi) is 4.11. The molecule has 1 N–H and O–H groups in total. The molecule has 4 nitrogen and oxygen atoms in total. The maximum atomic E-state index is 11.8. The molecule has 1 heterocycles. The monoisotopic (exact) mass is 308 g/mol. The Morgan fingerprint density at radius 1 is 1.05 bits per heavy atom. The quantitative estimate of drug-likeness (QED) is 0.929. The first kappa shape index (κ1) is 14.7. The molecule has 2 fully saturated rings. The van der Waals surface area contributed by atoms with Crippen LogP contribution in [0.3, 0.4) is 0 Å². The second-order valence-electron chi connectivity index (χ2n) is 6.29. The van der Waals surface area contributed by atoms with Crippen LogP contribution in [-0.4, -0.2) is 39.1 Å². The van der Waals surface area contributed by atoms with Crippen LogP contribution in [-0.2, 0) is 9.84 Å². The number of nitrogens with one attached hydrogen (secondary N) is 1. The van der Waals surface area contributed by atoms with Crippen LogP contribution in [0.2, 0.25) is 0 Å². The van der Waals surface area contributed by atoms with E-state index in [2.05, 4.69) is 34.5 Å². The molecule has 116 valence electrons. The van der Waals surface area contributed by atoms with Gasteiger partial charge < -0.3 is 10.2 Å². The van der Waals surface area contributed by atoms with Gasteiger partial charge in [0.15, 0.2) is 9.84 Å². The van der Waals surface area contributed by atoms with E-state index in [0.29, 0.717) is 0 Å². The first-order valence-corrected chi connectivity index (χ1v) is 9.80. The maximum Gasteiger partial charge on any atom is 0.152 e. The largest absolute Gasteiger partial charge is 0.381 e. The molecule has 3 rings (SSSR count). The molecule has 0 radical (unpaired) electrons. The van der Waals surface area contributed by atoms with Gasteiger partial charge in [0, 0.05) is 36.8 Å². The van der Waals surface area contributed by atoms with Gasteiger partial charge in [-0.05, 0) is 56.4 Å². The molecule has 0 spiro atoms. The number of sulfone groups is 1. The number of nitrogens with zero attached hydrogens (tertiary/aromatic N) is 1. The summed E-state index contributed by atoms with van der Waals surface area (Å²) in [4.78, 5) is 2.40. The highest BCUT2D eigenvalue weighted by Gasteiger charge is 2.34. The fourth-order valence-corrected chi connectivity index (χ4v) is 4.96. The van der Waals surface area contributed by atoms with Gasteiger partial charge in [0.05, 0.1) is 5.25 Å². The summed E-state index contributed by atoms with van der Waals surface area (Å²) in [5, 5.41) is 3.18. The highest BCUT2D eigenvalue weighted by atomic mass is 32.2. The smallest absolute Gasteiger partial charge is 0.152 e. The Balaban J connectivity index is 1.67. The molecule has 1 saturated carbocycles. The Bertz CT molecular complexity index is 577. The summed E-state index contributed by atoms with van der Waals surface area (Å²) in [6.07, 6.45) is 6.61. The molecule has 1 aromatic rings. The van der Waals surface area contributed by atoms with Crippen molar-refractivity contribution in [1.29, 1.82) is 0 Å². The molecule has 2 unspecified atom stereocenters. The number of hydrogen-bond donors (Lipinski definition) is 1. The third-order valence-corrected chi connectivity index (χ3v) is 6.36. The zero-order chi connectivity index (χ0) is 14.9. The fourth-order valence-electron chi connectivity index (χ4n) is 3.56. The molecule has 1 aromatic carbocycles. The van der Waals surface area contributed by atoms with E-state index in [0.717, 1.165) is 38.0 Å². The van der Waals surface area contributed by atoms with Crippen LogP contribution in [0.1, 0.15) is 32.1 Å². The molecular formula is C16H24N2O2S. The third-order valence-electron chi connectivity index (χ3n) is 4.69. The van der Waals surface area contributed by atoms with Gasteiger partial charge in [0.2, 0.25) is 0 Å². The van der Waals surface area contributed by atoms with E-state index in [4.69, 9.17) is 0 Å². The van der Waals surface area contributed by atoms with Crippen LogP contribution >= 0.6 is 0 Å². The van der Waals surface area contributed by atoms with Gasteiger partial charge in [-0.1, -0.05) is 0 Å². The highest BCUT2D eigenvalue weighted by Crippen LogP contribution is 2.29. The third kappa shape index (κ3) is 3.34. The van der Waals surface area contributed by atoms with Crippen LogP contribution in [0.5, 0.6) is 0 Å². The van der Waals surface area contributed by atoms with Crippen LogP contribution in [0, 0.1) is 0 Å². The lowest BCUT2D eigenvalue weighted by atomic mass is 10.2. The minimum atomic E-state index is -2.96. The van der Waals surface area contributed by atoms with E-state index in [1.165, 1.54) is 24.8 Å². The van der Waals surface area contributed by atoms with Gasteiger partial charge in [-0.3, -0.25) is 0 Å². The van der Waals surface area contributed by atoms with E-state index in [-0.39, 0.29) is 11.3 Å². The molecule has 5 heteroatoms. The molecule has 2 aliphatic rings. The molecule has 0 bridgehead atoms. The fraction of sp³-hybridized carbons (Fsp3) is 0.625. The average Bonchev–Trinajstić information content (AvgIpc) is 3.09. The van der Waals surface area contributed by atoms with Gasteiger partial charge >= 0.3 is 0 Å². The Labute approximate surface area is 127 Å². The molecule has 0 amide bonds. The van der Waals surface area contributed by atoms with Gasteiger partial charge in [-0.15, -0.1) is 0 Å². The first-order valence-electron chi connectivity index (χ1n) is 7.84.